The highest BCUT2D eigenvalue weighted by atomic mass is 16.1. The van der Waals surface area contributed by atoms with Crippen molar-refractivity contribution in [2.45, 2.75) is 47.0 Å². The number of carbonyl (C=O) groups excluding carboxylic acids is 1. The first-order chi connectivity index (χ1) is 7.39. The second-order valence-electron chi connectivity index (χ2n) is 6.97. The summed E-state index contributed by atoms with van der Waals surface area (Å²) in [5.74, 6) is 2.12. The lowest BCUT2D eigenvalue weighted by Crippen LogP contribution is -2.33. The van der Waals surface area contributed by atoms with E-state index in [0.29, 0.717) is 29.0 Å². The third-order valence-electron chi connectivity index (χ3n) is 5.97. The summed E-state index contributed by atoms with van der Waals surface area (Å²) < 4.78 is 0. The number of allylic oxidation sites excluding steroid dienone is 2. The number of fused-ring (bicyclic) bond motifs is 1. The quantitative estimate of drug-likeness (QED) is 0.568. The summed E-state index contributed by atoms with van der Waals surface area (Å²) in [6.45, 7) is 9.20. The number of carbonyl (C=O) groups is 1. The number of Topliss-reactive ketones (excluding diaryl/α,β-unsaturated/α-hetero) is 1. The molecule has 0 unspecified atom stereocenters. The van der Waals surface area contributed by atoms with Crippen LogP contribution in [0.1, 0.15) is 47.0 Å². The minimum atomic E-state index is 0.193. The van der Waals surface area contributed by atoms with Gasteiger partial charge in [0, 0.05) is 12.3 Å². The average molecular weight is 218 g/mol. The maximum Gasteiger partial charge on any atom is 0.137 e. The molecule has 0 radical (unpaired) electrons. The zero-order chi connectivity index (χ0) is 11.7. The Kier molecular flexibility index (Phi) is 1.85. The molecule has 1 nitrogen and oxygen atoms in total. The molecule has 0 aromatic rings. The summed E-state index contributed by atoms with van der Waals surface area (Å²) in [6.07, 6.45) is 5.66. The molecule has 0 N–H and O–H groups in total. The van der Waals surface area contributed by atoms with E-state index < -0.39 is 0 Å². The molecule has 0 aliphatic heterocycles. The Morgan fingerprint density at radius 3 is 2.75 bits per heavy atom. The molecule has 0 aromatic carbocycles. The smallest absolute Gasteiger partial charge is 0.137 e. The Morgan fingerprint density at radius 2 is 2.06 bits per heavy atom. The highest BCUT2D eigenvalue weighted by molar-refractivity contribution is 5.86. The Morgan fingerprint density at radius 1 is 1.38 bits per heavy atom. The summed E-state index contributed by atoms with van der Waals surface area (Å²) in [7, 11) is 0. The van der Waals surface area contributed by atoms with Crippen LogP contribution in [-0.4, -0.2) is 5.78 Å². The summed E-state index contributed by atoms with van der Waals surface area (Å²) in [5.41, 5.74) is 2.05. The summed E-state index contributed by atoms with van der Waals surface area (Å²) in [5, 5.41) is 0. The number of hydrogen-bond donors (Lipinski definition) is 0. The van der Waals surface area contributed by atoms with Crippen LogP contribution in [0.3, 0.4) is 0 Å². The fourth-order valence-electron chi connectivity index (χ4n) is 5.19. The molecule has 3 rings (SSSR count). The predicted octanol–water partition coefficient (Wildman–Crippen LogP) is 3.59. The van der Waals surface area contributed by atoms with Crippen LogP contribution in [0.25, 0.3) is 0 Å². The highest BCUT2D eigenvalue weighted by Gasteiger charge is 2.66. The molecule has 2 saturated carbocycles. The lowest BCUT2D eigenvalue weighted by atomic mass is 9.68. The molecule has 16 heavy (non-hydrogen) atoms. The van der Waals surface area contributed by atoms with Crippen molar-refractivity contribution in [1.82, 2.24) is 0 Å². The highest BCUT2D eigenvalue weighted by Crippen LogP contribution is 2.69. The van der Waals surface area contributed by atoms with Gasteiger partial charge < -0.3 is 0 Å². The van der Waals surface area contributed by atoms with Crippen LogP contribution < -0.4 is 0 Å². The van der Waals surface area contributed by atoms with Gasteiger partial charge in [-0.25, -0.2) is 0 Å². The maximum atomic E-state index is 12.3. The van der Waals surface area contributed by atoms with Gasteiger partial charge in [0.05, 0.1) is 0 Å². The van der Waals surface area contributed by atoms with Gasteiger partial charge in [0.1, 0.15) is 5.78 Å². The van der Waals surface area contributed by atoms with Gasteiger partial charge in [-0.3, -0.25) is 4.79 Å². The van der Waals surface area contributed by atoms with Gasteiger partial charge >= 0.3 is 0 Å². The molecule has 1 heteroatoms. The van der Waals surface area contributed by atoms with Gasteiger partial charge in [-0.2, -0.15) is 0 Å². The van der Waals surface area contributed by atoms with E-state index in [1.807, 2.05) is 0 Å². The van der Waals surface area contributed by atoms with Crippen molar-refractivity contribution in [3.05, 3.63) is 11.6 Å². The topological polar surface area (TPSA) is 17.1 Å². The van der Waals surface area contributed by atoms with Crippen molar-refractivity contribution in [3.8, 4) is 0 Å². The second-order valence-corrected chi connectivity index (χ2v) is 6.97. The van der Waals surface area contributed by atoms with E-state index in [2.05, 4.69) is 33.8 Å². The standard InChI is InChI=1S/C15H22O/c1-9-5-6-15-8-11(9)14(3,4)13(15)12(16)7-10(15)2/h5,10-11,13H,6-8H2,1-4H3/t10-,11+,13+,15+/m1/s1. The van der Waals surface area contributed by atoms with Gasteiger partial charge in [-0.05, 0) is 42.4 Å². The van der Waals surface area contributed by atoms with E-state index in [0.717, 1.165) is 12.8 Å². The largest absolute Gasteiger partial charge is 0.299 e. The molecule has 2 fully saturated rings. The van der Waals surface area contributed by atoms with Crippen LogP contribution in [0.2, 0.25) is 0 Å². The van der Waals surface area contributed by atoms with E-state index in [1.54, 1.807) is 0 Å². The molecule has 0 amide bonds. The molecular formula is C15H22O. The Balaban J connectivity index is 2.16. The molecule has 4 atom stereocenters. The molecule has 0 aromatic heterocycles. The molecular weight excluding hydrogens is 196 g/mol. The first-order valence-corrected chi connectivity index (χ1v) is 6.59. The van der Waals surface area contributed by atoms with E-state index in [-0.39, 0.29) is 5.41 Å². The average Bonchev–Trinajstić information content (AvgIpc) is 2.54. The van der Waals surface area contributed by atoms with Crippen LogP contribution >= 0.6 is 0 Å². The number of hydrogen-bond acceptors (Lipinski definition) is 1. The normalized spacial score (nSPS) is 49.1. The third-order valence-corrected chi connectivity index (χ3v) is 5.97. The fourth-order valence-corrected chi connectivity index (χ4v) is 5.19. The fraction of sp³-hybridized carbons (Fsp3) is 0.800. The lowest BCUT2D eigenvalue weighted by molar-refractivity contribution is -0.124. The van der Waals surface area contributed by atoms with Crippen LogP contribution in [0.15, 0.2) is 11.6 Å². The monoisotopic (exact) mass is 218 g/mol. The summed E-state index contributed by atoms with van der Waals surface area (Å²) in [6, 6.07) is 0. The summed E-state index contributed by atoms with van der Waals surface area (Å²) >= 11 is 0. The second kappa shape index (κ2) is 2.80. The van der Waals surface area contributed by atoms with E-state index in [9.17, 15) is 4.79 Å². The van der Waals surface area contributed by atoms with Gasteiger partial charge in [-0.1, -0.05) is 32.4 Å². The third kappa shape index (κ3) is 0.959. The van der Waals surface area contributed by atoms with Crippen LogP contribution in [0.4, 0.5) is 0 Å². The Bertz CT molecular complexity index is 390. The van der Waals surface area contributed by atoms with Crippen LogP contribution in [0, 0.1) is 28.6 Å². The van der Waals surface area contributed by atoms with Gasteiger partial charge in [0.25, 0.3) is 0 Å². The van der Waals surface area contributed by atoms with Gasteiger partial charge in [0.2, 0.25) is 0 Å². The first-order valence-electron chi connectivity index (χ1n) is 6.59. The van der Waals surface area contributed by atoms with Gasteiger partial charge in [-0.15, -0.1) is 0 Å². The van der Waals surface area contributed by atoms with Crippen molar-refractivity contribution >= 4 is 5.78 Å². The Hall–Kier alpha value is -0.590. The molecule has 0 saturated heterocycles. The zero-order valence-electron chi connectivity index (χ0n) is 10.8. The molecule has 3 aliphatic carbocycles. The van der Waals surface area contributed by atoms with E-state index >= 15 is 0 Å². The first kappa shape index (κ1) is 10.6. The van der Waals surface area contributed by atoms with Crippen molar-refractivity contribution in [1.29, 1.82) is 0 Å². The van der Waals surface area contributed by atoms with Crippen LogP contribution in [-0.2, 0) is 4.79 Å². The SMILES string of the molecule is CC1=CC[C@@]23C[C@@H]1C(C)(C)[C@@H]2C(=O)C[C@H]3C. The van der Waals surface area contributed by atoms with Crippen molar-refractivity contribution in [2.75, 3.05) is 0 Å². The minimum absolute atomic E-state index is 0.193. The van der Waals surface area contributed by atoms with Crippen molar-refractivity contribution < 1.29 is 4.79 Å². The number of rotatable bonds is 0. The summed E-state index contributed by atoms with van der Waals surface area (Å²) in [4.78, 5) is 12.3. The number of ketones is 1. The molecule has 0 heterocycles. The van der Waals surface area contributed by atoms with Crippen molar-refractivity contribution in [3.63, 3.8) is 0 Å². The van der Waals surface area contributed by atoms with Gasteiger partial charge in [0.15, 0.2) is 0 Å². The molecule has 3 aliphatic rings. The molecule has 2 bridgehead atoms. The zero-order valence-corrected chi connectivity index (χ0v) is 10.8. The minimum Gasteiger partial charge on any atom is -0.299 e. The maximum absolute atomic E-state index is 12.3. The Labute approximate surface area is 98.3 Å². The molecule has 1 spiro atoms. The van der Waals surface area contributed by atoms with Crippen molar-refractivity contribution in [2.24, 2.45) is 28.6 Å². The molecule has 88 valence electrons. The van der Waals surface area contributed by atoms with E-state index in [1.165, 1.54) is 12.0 Å². The van der Waals surface area contributed by atoms with Crippen LogP contribution in [0.5, 0.6) is 0 Å². The van der Waals surface area contributed by atoms with E-state index in [4.69, 9.17) is 0 Å². The lowest BCUT2D eigenvalue weighted by Gasteiger charge is -2.35. The predicted molar refractivity (Wildman–Crippen MR) is 65.0 cm³/mol.